The van der Waals surface area contributed by atoms with Gasteiger partial charge in [-0.2, -0.15) is 5.10 Å². The Kier molecular flexibility index (Phi) is 4.40. The van der Waals surface area contributed by atoms with E-state index in [0.717, 1.165) is 29.9 Å². The summed E-state index contributed by atoms with van der Waals surface area (Å²) in [5.74, 6) is -0.902. The summed E-state index contributed by atoms with van der Waals surface area (Å²) in [5, 5.41) is 16.5. The van der Waals surface area contributed by atoms with E-state index in [9.17, 15) is 4.79 Å². The van der Waals surface area contributed by atoms with Gasteiger partial charge in [-0.15, -0.1) is 0 Å². The van der Waals surface area contributed by atoms with Crippen LogP contribution in [0.3, 0.4) is 0 Å². The Morgan fingerprint density at radius 2 is 2.20 bits per heavy atom. The molecule has 106 valence electrons. The van der Waals surface area contributed by atoms with E-state index in [1.165, 1.54) is 0 Å². The van der Waals surface area contributed by atoms with Crippen molar-refractivity contribution < 1.29 is 9.90 Å². The van der Waals surface area contributed by atoms with Crippen molar-refractivity contribution >= 4 is 11.7 Å². The summed E-state index contributed by atoms with van der Waals surface area (Å²) in [5.41, 5.74) is 3.29. The molecule has 20 heavy (non-hydrogen) atoms. The van der Waals surface area contributed by atoms with Crippen molar-refractivity contribution in [1.82, 2.24) is 9.78 Å². The van der Waals surface area contributed by atoms with Crippen molar-refractivity contribution in [1.29, 1.82) is 0 Å². The minimum absolute atomic E-state index is 0.309. The second kappa shape index (κ2) is 6.23. The first kappa shape index (κ1) is 14.1. The van der Waals surface area contributed by atoms with Crippen LogP contribution in [0.25, 0.3) is 0 Å². The summed E-state index contributed by atoms with van der Waals surface area (Å²) in [6, 6.07) is 7.08. The molecule has 0 spiro atoms. The van der Waals surface area contributed by atoms with Crippen LogP contribution in [0.1, 0.15) is 35.0 Å². The van der Waals surface area contributed by atoms with Gasteiger partial charge in [0.2, 0.25) is 0 Å². The molecule has 2 rings (SSSR count). The number of hydrogen-bond acceptors (Lipinski definition) is 3. The SMILES string of the molecule is CCCn1nccc1CNc1ccc(C(=O)O)cc1C. The zero-order chi connectivity index (χ0) is 14.5. The van der Waals surface area contributed by atoms with Gasteiger partial charge in [-0.25, -0.2) is 4.79 Å². The fraction of sp³-hybridized carbons (Fsp3) is 0.333. The van der Waals surface area contributed by atoms with Crippen LogP contribution in [0.4, 0.5) is 5.69 Å². The minimum Gasteiger partial charge on any atom is -0.478 e. The monoisotopic (exact) mass is 273 g/mol. The van der Waals surface area contributed by atoms with Crippen molar-refractivity contribution in [3.63, 3.8) is 0 Å². The summed E-state index contributed by atoms with van der Waals surface area (Å²) in [6.45, 7) is 5.60. The molecule has 2 N–H and O–H groups in total. The molecule has 5 nitrogen and oxygen atoms in total. The van der Waals surface area contributed by atoms with Crippen molar-refractivity contribution in [2.45, 2.75) is 33.4 Å². The van der Waals surface area contributed by atoms with Gasteiger partial charge in [0, 0.05) is 18.4 Å². The largest absolute Gasteiger partial charge is 0.478 e. The highest BCUT2D eigenvalue weighted by Crippen LogP contribution is 2.17. The Balaban J connectivity index is 2.07. The average molecular weight is 273 g/mol. The first-order valence-corrected chi connectivity index (χ1v) is 6.70. The van der Waals surface area contributed by atoms with E-state index in [0.29, 0.717) is 12.1 Å². The van der Waals surface area contributed by atoms with Crippen LogP contribution in [-0.2, 0) is 13.1 Å². The molecule has 0 aliphatic heterocycles. The third-order valence-corrected chi connectivity index (χ3v) is 3.17. The highest BCUT2D eigenvalue weighted by atomic mass is 16.4. The Morgan fingerprint density at radius 1 is 1.40 bits per heavy atom. The molecule has 0 radical (unpaired) electrons. The van der Waals surface area contributed by atoms with Crippen LogP contribution in [0.15, 0.2) is 30.5 Å². The van der Waals surface area contributed by atoms with E-state index in [-0.39, 0.29) is 0 Å². The van der Waals surface area contributed by atoms with E-state index in [4.69, 9.17) is 5.11 Å². The second-order valence-corrected chi connectivity index (χ2v) is 4.73. The highest BCUT2D eigenvalue weighted by molar-refractivity contribution is 5.88. The molecule has 0 saturated heterocycles. The number of carbonyl (C=O) groups is 1. The molecule has 1 aromatic heterocycles. The van der Waals surface area contributed by atoms with E-state index in [2.05, 4.69) is 17.3 Å². The van der Waals surface area contributed by atoms with Gasteiger partial charge in [0.05, 0.1) is 17.8 Å². The zero-order valence-electron chi connectivity index (χ0n) is 11.8. The molecule has 0 aliphatic carbocycles. The van der Waals surface area contributed by atoms with E-state index >= 15 is 0 Å². The Labute approximate surface area is 118 Å². The van der Waals surface area contributed by atoms with Crippen LogP contribution in [0.2, 0.25) is 0 Å². The number of anilines is 1. The summed E-state index contributed by atoms with van der Waals surface area (Å²) in [7, 11) is 0. The number of carboxylic acid groups (broad SMARTS) is 1. The van der Waals surface area contributed by atoms with Gasteiger partial charge in [0.25, 0.3) is 0 Å². The molecule has 5 heteroatoms. The predicted molar refractivity (Wildman–Crippen MR) is 78.0 cm³/mol. The van der Waals surface area contributed by atoms with E-state index < -0.39 is 5.97 Å². The summed E-state index contributed by atoms with van der Waals surface area (Å²) in [6.07, 6.45) is 2.84. The molecular weight excluding hydrogens is 254 g/mol. The molecule has 0 saturated carbocycles. The molecule has 0 unspecified atom stereocenters. The highest BCUT2D eigenvalue weighted by Gasteiger charge is 2.06. The lowest BCUT2D eigenvalue weighted by Gasteiger charge is -2.11. The maximum Gasteiger partial charge on any atom is 0.335 e. The van der Waals surface area contributed by atoms with Crippen molar-refractivity contribution in [3.05, 3.63) is 47.3 Å². The fourth-order valence-electron chi connectivity index (χ4n) is 2.10. The van der Waals surface area contributed by atoms with Gasteiger partial charge in [-0.3, -0.25) is 4.68 Å². The standard InChI is InChI=1S/C15H19N3O2/c1-3-8-18-13(6-7-17-18)10-16-14-5-4-12(15(19)20)9-11(14)2/h4-7,9,16H,3,8,10H2,1-2H3,(H,19,20). The normalized spacial score (nSPS) is 10.5. The summed E-state index contributed by atoms with van der Waals surface area (Å²) in [4.78, 5) is 10.9. The number of aryl methyl sites for hydroxylation is 2. The van der Waals surface area contributed by atoms with Crippen LogP contribution in [0.5, 0.6) is 0 Å². The molecular formula is C15H19N3O2. The van der Waals surface area contributed by atoms with Gasteiger partial charge in [0.15, 0.2) is 0 Å². The van der Waals surface area contributed by atoms with Gasteiger partial charge in [0.1, 0.15) is 0 Å². The number of benzene rings is 1. The number of hydrogen-bond donors (Lipinski definition) is 2. The summed E-state index contributed by atoms with van der Waals surface area (Å²) < 4.78 is 1.98. The van der Waals surface area contributed by atoms with Crippen LogP contribution < -0.4 is 5.32 Å². The third kappa shape index (κ3) is 3.17. The first-order valence-electron chi connectivity index (χ1n) is 6.70. The zero-order valence-corrected chi connectivity index (χ0v) is 11.8. The molecule has 0 bridgehead atoms. The van der Waals surface area contributed by atoms with Crippen molar-refractivity contribution in [2.75, 3.05) is 5.32 Å². The lowest BCUT2D eigenvalue weighted by atomic mass is 10.1. The Hall–Kier alpha value is -2.30. The van der Waals surface area contributed by atoms with Gasteiger partial charge in [-0.1, -0.05) is 6.92 Å². The quantitative estimate of drug-likeness (QED) is 0.849. The van der Waals surface area contributed by atoms with Crippen molar-refractivity contribution in [3.8, 4) is 0 Å². The predicted octanol–water partition coefficient (Wildman–Crippen LogP) is 2.91. The van der Waals surface area contributed by atoms with Crippen LogP contribution >= 0.6 is 0 Å². The smallest absolute Gasteiger partial charge is 0.335 e. The third-order valence-electron chi connectivity index (χ3n) is 3.17. The number of carboxylic acids is 1. The molecule has 0 atom stereocenters. The Morgan fingerprint density at radius 3 is 2.85 bits per heavy atom. The van der Waals surface area contributed by atoms with Gasteiger partial charge >= 0.3 is 5.97 Å². The Bertz CT molecular complexity index is 605. The number of aromatic nitrogens is 2. The number of aromatic carboxylic acids is 1. The van der Waals surface area contributed by atoms with E-state index in [1.807, 2.05) is 17.7 Å². The molecule has 0 fully saturated rings. The molecule has 0 amide bonds. The topological polar surface area (TPSA) is 67.2 Å². The molecule has 0 aliphatic rings. The maximum atomic E-state index is 10.9. The van der Waals surface area contributed by atoms with Gasteiger partial charge in [-0.05, 0) is 43.2 Å². The number of nitrogens with one attached hydrogen (secondary N) is 1. The van der Waals surface area contributed by atoms with Crippen LogP contribution in [-0.4, -0.2) is 20.9 Å². The van der Waals surface area contributed by atoms with Crippen molar-refractivity contribution in [2.24, 2.45) is 0 Å². The molecule has 2 aromatic rings. The lowest BCUT2D eigenvalue weighted by Crippen LogP contribution is -2.09. The minimum atomic E-state index is -0.902. The van der Waals surface area contributed by atoms with Gasteiger partial charge < -0.3 is 10.4 Å². The van der Waals surface area contributed by atoms with Crippen LogP contribution in [0, 0.1) is 6.92 Å². The fourth-order valence-corrected chi connectivity index (χ4v) is 2.10. The number of rotatable bonds is 6. The van der Waals surface area contributed by atoms with E-state index in [1.54, 1.807) is 24.4 Å². The first-order chi connectivity index (χ1) is 9.61. The number of nitrogens with zero attached hydrogens (tertiary/aromatic N) is 2. The maximum absolute atomic E-state index is 10.9. The lowest BCUT2D eigenvalue weighted by molar-refractivity contribution is 0.0697. The second-order valence-electron chi connectivity index (χ2n) is 4.73. The molecule has 1 heterocycles. The molecule has 1 aromatic carbocycles. The average Bonchev–Trinajstić information content (AvgIpc) is 2.85. The summed E-state index contributed by atoms with van der Waals surface area (Å²) >= 11 is 0.